The monoisotopic (exact) mass is 302 g/mol. The second kappa shape index (κ2) is 6.44. The second-order valence-corrected chi connectivity index (χ2v) is 6.11. The molecule has 1 N–H and O–H groups in total. The number of amides is 1. The first kappa shape index (κ1) is 14.3. The number of aromatic nitrogens is 1. The number of pyridine rings is 1. The van der Waals surface area contributed by atoms with Gasteiger partial charge in [-0.15, -0.1) is 0 Å². The Hall–Kier alpha value is -1.61. The molecule has 0 spiro atoms. The lowest BCUT2D eigenvalue weighted by Gasteiger charge is -2.21. The third-order valence-electron chi connectivity index (χ3n) is 4.21. The van der Waals surface area contributed by atoms with Crippen LogP contribution < -0.4 is 5.32 Å². The first-order valence-corrected chi connectivity index (χ1v) is 7.95. The summed E-state index contributed by atoms with van der Waals surface area (Å²) in [6.07, 6.45) is 6.33. The molecule has 0 radical (unpaired) electrons. The summed E-state index contributed by atoms with van der Waals surface area (Å²) in [6.45, 7) is 0.757. The number of halogens is 1. The van der Waals surface area contributed by atoms with Gasteiger partial charge in [-0.3, -0.25) is 4.79 Å². The Bertz CT molecular complexity index is 650. The van der Waals surface area contributed by atoms with Crippen LogP contribution in [0.2, 0.25) is 5.15 Å². The van der Waals surface area contributed by atoms with Crippen LogP contribution in [0, 0.1) is 5.92 Å². The molecular formula is C17H19ClN2O. The smallest absolute Gasteiger partial charge is 0.252 e. The van der Waals surface area contributed by atoms with Crippen molar-refractivity contribution in [3.8, 4) is 0 Å². The molecule has 110 valence electrons. The molecule has 3 rings (SSSR count). The average Bonchev–Trinajstić information content (AvgIpc) is 2.52. The maximum absolute atomic E-state index is 12.5. The highest BCUT2D eigenvalue weighted by Crippen LogP contribution is 2.24. The van der Waals surface area contributed by atoms with Crippen LogP contribution in [0.4, 0.5) is 0 Å². The molecule has 1 aliphatic rings. The molecule has 0 unspecified atom stereocenters. The van der Waals surface area contributed by atoms with Gasteiger partial charge in [0.1, 0.15) is 5.15 Å². The third-order valence-corrected chi connectivity index (χ3v) is 4.40. The molecule has 0 saturated heterocycles. The van der Waals surface area contributed by atoms with E-state index in [4.69, 9.17) is 11.6 Å². The zero-order valence-corrected chi connectivity index (χ0v) is 12.7. The summed E-state index contributed by atoms with van der Waals surface area (Å²) in [6, 6.07) is 9.25. The minimum Gasteiger partial charge on any atom is -0.352 e. The number of hydrogen-bond donors (Lipinski definition) is 1. The third kappa shape index (κ3) is 3.35. The van der Waals surface area contributed by atoms with E-state index in [1.165, 1.54) is 32.1 Å². The first-order valence-electron chi connectivity index (χ1n) is 7.57. The van der Waals surface area contributed by atoms with Crippen molar-refractivity contribution in [3.63, 3.8) is 0 Å². The van der Waals surface area contributed by atoms with E-state index in [-0.39, 0.29) is 5.91 Å². The van der Waals surface area contributed by atoms with Crippen LogP contribution in [-0.4, -0.2) is 17.4 Å². The molecule has 0 aliphatic heterocycles. The molecule has 1 aromatic heterocycles. The summed E-state index contributed by atoms with van der Waals surface area (Å²) < 4.78 is 0. The zero-order chi connectivity index (χ0) is 14.7. The lowest BCUT2D eigenvalue weighted by molar-refractivity contribution is 0.0945. The van der Waals surface area contributed by atoms with Crippen LogP contribution in [-0.2, 0) is 0 Å². The van der Waals surface area contributed by atoms with Crippen molar-refractivity contribution < 1.29 is 4.79 Å². The first-order chi connectivity index (χ1) is 10.2. The van der Waals surface area contributed by atoms with Gasteiger partial charge in [-0.25, -0.2) is 4.98 Å². The van der Waals surface area contributed by atoms with Crippen molar-refractivity contribution in [2.75, 3.05) is 6.54 Å². The summed E-state index contributed by atoms with van der Waals surface area (Å²) >= 11 is 6.03. The second-order valence-electron chi connectivity index (χ2n) is 5.72. The fourth-order valence-corrected chi connectivity index (χ4v) is 3.25. The van der Waals surface area contributed by atoms with E-state index < -0.39 is 0 Å². The standard InChI is InChI=1S/C17H19ClN2O/c18-16-10-14(13-8-4-5-9-15(13)20-16)17(21)19-11-12-6-2-1-3-7-12/h4-5,8-10,12H,1-3,6-7,11H2,(H,19,21). The molecule has 1 heterocycles. The van der Waals surface area contributed by atoms with E-state index in [2.05, 4.69) is 10.3 Å². The van der Waals surface area contributed by atoms with E-state index in [0.29, 0.717) is 16.6 Å². The number of nitrogens with one attached hydrogen (secondary N) is 1. The van der Waals surface area contributed by atoms with E-state index in [1.807, 2.05) is 24.3 Å². The molecule has 1 amide bonds. The number of benzene rings is 1. The van der Waals surface area contributed by atoms with Crippen LogP contribution in [0.15, 0.2) is 30.3 Å². The Labute approximate surface area is 129 Å². The Morgan fingerprint density at radius 2 is 2.00 bits per heavy atom. The van der Waals surface area contributed by atoms with Crippen molar-refractivity contribution in [1.82, 2.24) is 10.3 Å². The Kier molecular flexibility index (Phi) is 4.39. The van der Waals surface area contributed by atoms with E-state index >= 15 is 0 Å². The van der Waals surface area contributed by atoms with Gasteiger partial charge in [0.05, 0.1) is 11.1 Å². The number of fused-ring (bicyclic) bond motifs is 1. The summed E-state index contributed by atoms with van der Waals surface area (Å²) in [7, 11) is 0. The Morgan fingerprint density at radius 3 is 2.81 bits per heavy atom. The van der Waals surface area contributed by atoms with E-state index in [1.54, 1.807) is 6.07 Å². The van der Waals surface area contributed by atoms with Gasteiger partial charge in [0.2, 0.25) is 0 Å². The van der Waals surface area contributed by atoms with Gasteiger partial charge in [-0.2, -0.15) is 0 Å². The minimum absolute atomic E-state index is 0.0546. The van der Waals surface area contributed by atoms with Gasteiger partial charge >= 0.3 is 0 Å². The van der Waals surface area contributed by atoms with Crippen LogP contribution in [0.25, 0.3) is 10.9 Å². The fourth-order valence-electron chi connectivity index (χ4n) is 3.05. The molecule has 4 heteroatoms. The molecule has 1 fully saturated rings. The molecule has 0 atom stereocenters. The SMILES string of the molecule is O=C(NCC1CCCCC1)c1cc(Cl)nc2ccccc12. The van der Waals surface area contributed by atoms with Crippen molar-refractivity contribution in [3.05, 3.63) is 41.0 Å². The molecular weight excluding hydrogens is 284 g/mol. The molecule has 1 aliphatic carbocycles. The largest absolute Gasteiger partial charge is 0.352 e. The molecule has 0 bridgehead atoms. The molecule has 21 heavy (non-hydrogen) atoms. The number of rotatable bonds is 3. The number of carbonyl (C=O) groups is 1. The number of nitrogens with zero attached hydrogens (tertiary/aromatic N) is 1. The minimum atomic E-state index is -0.0546. The maximum atomic E-state index is 12.5. The van der Waals surface area contributed by atoms with Crippen molar-refractivity contribution in [1.29, 1.82) is 0 Å². The summed E-state index contributed by atoms with van der Waals surface area (Å²) in [5.74, 6) is 0.562. The lowest BCUT2D eigenvalue weighted by atomic mass is 9.89. The Morgan fingerprint density at radius 1 is 1.24 bits per heavy atom. The summed E-state index contributed by atoms with van der Waals surface area (Å²) in [4.78, 5) is 16.7. The van der Waals surface area contributed by atoms with Crippen LogP contribution in [0.1, 0.15) is 42.5 Å². The lowest BCUT2D eigenvalue weighted by Crippen LogP contribution is -2.30. The quantitative estimate of drug-likeness (QED) is 0.863. The summed E-state index contributed by atoms with van der Waals surface area (Å²) in [5, 5.41) is 4.27. The highest BCUT2D eigenvalue weighted by molar-refractivity contribution is 6.30. The summed E-state index contributed by atoms with van der Waals surface area (Å²) in [5.41, 5.74) is 1.37. The average molecular weight is 303 g/mol. The van der Waals surface area contributed by atoms with Crippen LogP contribution >= 0.6 is 11.6 Å². The molecule has 3 nitrogen and oxygen atoms in total. The highest BCUT2D eigenvalue weighted by Gasteiger charge is 2.16. The fraction of sp³-hybridized carbons (Fsp3) is 0.412. The maximum Gasteiger partial charge on any atom is 0.252 e. The molecule has 2 aromatic rings. The zero-order valence-electron chi connectivity index (χ0n) is 11.9. The number of carbonyl (C=O) groups excluding carboxylic acids is 1. The van der Waals surface area contributed by atoms with Gasteiger partial charge < -0.3 is 5.32 Å². The predicted molar refractivity (Wildman–Crippen MR) is 85.7 cm³/mol. The van der Waals surface area contributed by atoms with Gasteiger partial charge in [-0.1, -0.05) is 49.1 Å². The van der Waals surface area contributed by atoms with E-state index in [9.17, 15) is 4.79 Å². The van der Waals surface area contributed by atoms with Crippen molar-refractivity contribution in [2.45, 2.75) is 32.1 Å². The van der Waals surface area contributed by atoms with Gasteiger partial charge in [0.25, 0.3) is 5.91 Å². The van der Waals surface area contributed by atoms with Crippen LogP contribution in [0.3, 0.4) is 0 Å². The predicted octanol–water partition coefficient (Wildman–Crippen LogP) is 4.20. The normalized spacial score (nSPS) is 16.0. The van der Waals surface area contributed by atoms with Gasteiger partial charge in [-0.05, 0) is 30.9 Å². The molecule has 1 aromatic carbocycles. The molecule has 1 saturated carbocycles. The van der Waals surface area contributed by atoms with Crippen molar-refractivity contribution in [2.24, 2.45) is 5.92 Å². The van der Waals surface area contributed by atoms with Crippen LogP contribution in [0.5, 0.6) is 0 Å². The topological polar surface area (TPSA) is 42.0 Å². The van der Waals surface area contributed by atoms with E-state index in [0.717, 1.165) is 17.4 Å². The highest BCUT2D eigenvalue weighted by atomic mass is 35.5. The van der Waals surface area contributed by atoms with Gasteiger partial charge in [0, 0.05) is 11.9 Å². The van der Waals surface area contributed by atoms with Crippen molar-refractivity contribution >= 4 is 28.4 Å². The Balaban J connectivity index is 1.77. The number of hydrogen-bond acceptors (Lipinski definition) is 2. The number of para-hydroxylation sites is 1. The van der Waals surface area contributed by atoms with Gasteiger partial charge in [0.15, 0.2) is 0 Å².